The van der Waals surface area contributed by atoms with Crippen LogP contribution in [0.5, 0.6) is 0 Å². The van der Waals surface area contributed by atoms with Gasteiger partial charge in [0.05, 0.1) is 15.8 Å². The molecule has 10 heteroatoms. The number of pyridine rings is 1. The van der Waals surface area contributed by atoms with Gasteiger partial charge in [-0.05, 0) is 49.2 Å². The molecule has 0 radical (unpaired) electrons. The van der Waals surface area contributed by atoms with E-state index in [4.69, 9.17) is 11.6 Å². The average Bonchev–Trinajstić information content (AvgIpc) is 3.17. The van der Waals surface area contributed by atoms with Crippen LogP contribution in [-0.2, 0) is 19.6 Å². The minimum Gasteiger partial charge on any atom is -0.312 e. The van der Waals surface area contributed by atoms with Crippen LogP contribution in [0.1, 0.15) is 33.1 Å². The molecule has 8 nitrogen and oxygen atoms in total. The number of amides is 2. The van der Waals surface area contributed by atoms with Crippen molar-refractivity contribution < 1.29 is 18.0 Å². The third-order valence-corrected chi connectivity index (χ3v) is 7.34. The molecule has 0 bridgehead atoms. The first-order chi connectivity index (χ1) is 15.3. The number of carbonyl (C=O) groups excluding carboxylic acids is 2. The maximum absolute atomic E-state index is 12.9. The summed E-state index contributed by atoms with van der Waals surface area (Å²) < 4.78 is 27.3. The molecule has 1 aromatic heterocycles. The maximum Gasteiger partial charge on any atom is 0.243 e. The molecular formula is C22H27ClN4O4S. The van der Waals surface area contributed by atoms with Gasteiger partial charge in [-0.2, -0.15) is 4.31 Å². The van der Waals surface area contributed by atoms with E-state index in [1.54, 1.807) is 24.3 Å². The molecule has 0 spiro atoms. The number of rotatable bonds is 9. The van der Waals surface area contributed by atoms with Gasteiger partial charge < -0.3 is 10.2 Å². The Morgan fingerprint density at radius 3 is 2.38 bits per heavy atom. The molecule has 1 aliphatic rings. The molecule has 1 fully saturated rings. The van der Waals surface area contributed by atoms with E-state index in [9.17, 15) is 18.0 Å². The Morgan fingerprint density at radius 1 is 1.16 bits per heavy atom. The molecule has 32 heavy (non-hydrogen) atoms. The van der Waals surface area contributed by atoms with Crippen LogP contribution in [0.2, 0.25) is 5.02 Å². The molecule has 2 aromatic rings. The van der Waals surface area contributed by atoms with Crippen LogP contribution >= 0.6 is 11.6 Å². The van der Waals surface area contributed by atoms with Crippen LogP contribution in [0.25, 0.3) is 0 Å². The summed E-state index contributed by atoms with van der Waals surface area (Å²) >= 11 is 5.80. The standard InChI is InChI=1S/C22H27ClN4O4S/c1-3-11-26(12-4-2)32(30,31)19-8-6-18(7-9-19)27-15-16(13-21(27)28)22(29)25-20-10-5-17(23)14-24-20/h5-10,14,16H,3-4,11-13,15H2,1-2H3,(H,24,25,29)/t16-/m0/s1. The lowest BCUT2D eigenvalue weighted by Crippen LogP contribution is -2.32. The number of sulfonamides is 1. The highest BCUT2D eigenvalue weighted by Gasteiger charge is 2.35. The van der Waals surface area contributed by atoms with Crippen molar-refractivity contribution in [1.29, 1.82) is 0 Å². The Bertz CT molecular complexity index is 1050. The zero-order chi connectivity index (χ0) is 23.3. The third kappa shape index (κ3) is 5.46. The third-order valence-electron chi connectivity index (χ3n) is 5.21. The first kappa shape index (κ1) is 24.2. The van der Waals surface area contributed by atoms with Crippen LogP contribution in [0, 0.1) is 5.92 Å². The number of nitrogens with zero attached hydrogens (tertiary/aromatic N) is 3. The Labute approximate surface area is 193 Å². The second kappa shape index (κ2) is 10.4. The number of halogens is 1. The number of carbonyl (C=O) groups is 2. The molecule has 0 aliphatic carbocycles. The molecule has 1 saturated heterocycles. The predicted octanol–water partition coefficient (Wildman–Crippen LogP) is 3.54. The quantitative estimate of drug-likeness (QED) is 0.594. The topological polar surface area (TPSA) is 99.7 Å². The lowest BCUT2D eigenvalue weighted by atomic mass is 10.1. The van der Waals surface area contributed by atoms with E-state index in [-0.39, 0.29) is 29.7 Å². The molecule has 0 saturated carbocycles. The summed E-state index contributed by atoms with van der Waals surface area (Å²) in [4.78, 5) is 30.8. The smallest absolute Gasteiger partial charge is 0.243 e. The number of hydrogen-bond acceptors (Lipinski definition) is 5. The molecule has 0 unspecified atom stereocenters. The Balaban J connectivity index is 1.70. The summed E-state index contributed by atoms with van der Waals surface area (Å²) in [6.45, 7) is 5.01. The van der Waals surface area contributed by atoms with Gasteiger partial charge in [0.15, 0.2) is 0 Å². The first-order valence-electron chi connectivity index (χ1n) is 10.6. The maximum atomic E-state index is 12.9. The number of aromatic nitrogens is 1. The molecule has 1 aliphatic heterocycles. The van der Waals surface area contributed by atoms with E-state index in [1.807, 2.05) is 13.8 Å². The number of hydrogen-bond donors (Lipinski definition) is 1. The van der Waals surface area contributed by atoms with E-state index >= 15 is 0 Å². The van der Waals surface area contributed by atoms with E-state index in [0.717, 1.165) is 12.8 Å². The molecule has 1 atom stereocenters. The number of anilines is 2. The van der Waals surface area contributed by atoms with E-state index in [2.05, 4.69) is 10.3 Å². The van der Waals surface area contributed by atoms with Crippen molar-refractivity contribution in [2.45, 2.75) is 38.0 Å². The molecule has 2 amide bonds. The average molecular weight is 479 g/mol. The van der Waals surface area contributed by atoms with Crippen LogP contribution in [0.3, 0.4) is 0 Å². The minimum absolute atomic E-state index is 0.0697. The minimum atomic E-state index is -3.59. The van der Waals surface area contributed by atoms with Gasteiger partial charge in [-0.1, -0.05) is 25.4 Å². The van der Waals surface area contributed by atoms with E-state index in [1.165, 1.54) is 27.5 Å². The lowest BCUT2D eigenvalue weighted by molar-refractivity contribution is -0.122. The van der Waals surface area contributed by atoms with Crippen molar-refractivity contribution in [3.8, 4) is 0 Å². The second-order valence-corrected chi connectivity index (χ2v) is 10.0. The van der Waals surface area contributed by atoms with Gasteiger partial charge in [-0.3, -0.25) is 9.59 Å². The molecule has 2 heterocycles. The first-order valence-corrected chi connectivity index (χ1v) is 12.4. The Kier molecular flexibility index (Phi) is 7.86. The van der Waals surface area contributed by atoms with Crippen molar-refractivity contribution in [1.82, 2.24) is 9.29 Å². The molecule has 1 N–H and O–H groups in total. The summed E-state index contributed by atoms with van der Waals surface area (Å²) in [6.07, 6.45) is 2.96. The number of nitrogens with one attached hydrogen (secondary N) is 1. The fourth-order valence-corrected chi connectivity index (χ4v) is 5.34. The molecule has 3 rings (SSSR count). The summed E-state index contributed by atoms with van der Waals surface area (Å²) in [5, 5.41) is 3.16. The van der Waals surface area contributed by atoms with Crippen LogP contribution in [0.4, 0.5) is 11.5 Å². The van der Waals surface area contributed by atoms with Gasteiger partial charge >= 0.3 is 0 Å². The summed E-state index contributed by atoms with van der Waals surface area (Å²) in [5.74, 6) is -0.662. The molecule has 1 aromatic carbocycles. The fourth-order valence-electron chi connectivity index (χ4n) is 3.61. The normalized spacial score (nSPS) is 16.6. The van der Waals surface area contributed by atoms with E-state index in [0.29, 0.717) is 29.6 Å². The molecule has 172 valence electrons. The zero-order valence-corrected chi connectivity index (χ0v) is 19.7. The summed E-state index contributed by atoms with van der Waals surface area (Å²) in [7, 11) is -3.59. The van der Waals surface area contributed by atoms with E-state index < -0.39 is 15.9 Å². The van der Waals surface area contributed by atoms with Crippen molar-refractivity contribution >= 4 is 44.9 Å². The van der Waals surface area contributed by atoms with Gasteiger partial charge in [-0.25, -0.2) is 13.4 Å². The van der Waals surface area contributed by atoms with Crippen molar-refractivity contribution in [2.75, 3.05) is 29.9 Å². The Hall–Kier alpha value is -2.49. The number of benzene rings is 1. The zero-order valence-electron chi connectivity index (χ0n) is 18.1. The highest BCUT2D eigenvalue weighted by molar-refractivity contribution is 7.89. The van der Waals surface area contributed by atoms with Gasteiger partial charge in [0.25, 0.3) is 0 Å². The SMILES string of the molecule is CCCN(CCC)S(=O)(=O)c1ccc(N2C[C@@H](C(=O)Nc3ccc(Cl)cn3)CC2=O)cc1. The van der Waals surface area contributed by atoms with Crippen LogP contribution in [-0.4, -0.2) is 49.2 Å². The molecular weight excluding hydrogens is 452 g/mol. The largest absolute Gasteiger partial charge is 0.312 e. The van der Waals surface area contributed by atoms with Gasteiger partial charge in [0.2, 0.25) is 21.8 Å². The van der Waals surface area contributed by atoms with Crippen molar-refractivity contribution in [3.05, 3.63) is 47.6 Å². The van der Waals surface area contributed by atoms with Gasteiger partial charge in [-0.15, -0.1) is 0 Å². The van der Waals surface area contributed by atoms with Crippen LogP contribution in [0.15, 0.2) is 47.5 Å². The second-order valence-electron chi connectivity index (χ2n) is 7.65. The monoisotopic (exact) mass is 478 g/mol. The highest BCUT2D eigenvalue weighted by Crippen LogP contribution is 2.28. The Morgan fingerprint density at radius 2 is 1.81 bits per heavy atom. The fraction of sp³-hybridized carbons (Fsp3) is 0.409. The summed E-state index contributed by atoms with van der Waals surface area (Å²) in [6, 6.07) is 9.47. The van der Waals surface area contributed by atoms with Crippen molar-refractivity contribution in [2.24, 2.45) is 5.92 Å². The van der Waals surface area contributed by atoms with Crippen LogP contribution < -0.4 is 10.2 Å². The van der Waals surface area contributed by atoms with Crippen molar-refractivity contribution in [3.63, 3.8) is 0 Å². The predicted molar refractivity (Wildman–Crippen MR) is 124 cm³/mol. The summed E-state index contributed by atoms with van der Waals surface area (Å²) in [5.41, 5.74) is 0.561. The lowest BCUT2D eigenvalue weighted by Gasteiger charge is -2.22. The van der Waals surface area contributed by atoms with Gasteiger partial charge in [0, 0.05) is 37.9 Å². The highest BCUT2D eigenvalue weighted by atomic mass is 35.5. The van der Waals surface area contributed by atoms with Gasteiger partial charge in [0.1, 0.15) is 5.82 Å².